The van der Waals surface area contributed by atoms with Gasteiger partial charge in [0.25, 0.3) is 0 Å². The lowest BCUT2D eigenvalue weighted by Gasteiger charge is -2.04. The highest BCUT2D eigenvalue weighted by Crippen LogP contribution is 1.92. The quantitative estimate of drug-likeness (QED) is 0.463. The largest absolute Gasteiger partial charge is 0.365 e. The molecule has 1 N–H and O–H groups in total. The lowest BCUT2D eigenvalue weighted by atomic mass is 10.7. The molecular formula is C4H7NO4S. The van der Waals surface area contributed by atoms with E-state index in [9.17, 15) is 13.2 Å². The molecule has 0 aliphatic rings. The van der Waals surface area contributed by atoms with E-state index in [2.05, 4.69) is 0 Å². The van der Waals surface area contributed by atoms with Crippen LogP contribution in [0, 0.1) is 0 Å². The number of carbonyl (C=O) groups excluding carboxylic acids is 1. The van der Waals surface area contributed by atoms with Crippen LogP contribution in [-0.2, 0) is 15.1 Å². The summed E-state index contributed by atoms with van der Waals surface area (Å²) < 4.78 is 28.7. The van der Waals surface area contributed by atoms with Gasteiger partial charge in [-0.2, -0.15) is 12.7 Å². The molecule has 58 valence electrons. The highest BCUT2D eigenvalue weighted by Gasteiger charge is 2.11. The van der Waals surface area contributed by atoms with Crippen LogP contribution < -0.4 is 0 Å². The first-order valence-electron chi connectivity index (χ1n) is 2.36. The minimum absolute atomic E-state index is 0.00463. The summed E-state index contributed by atoms with van der Waals surface area (Å²) in [4.78, 5) is 9.88. The lowest BCUT2D eigenvalue weighted by Crippen LogP contribution is -2.22. The van der Waals surface area contributed by atoms with E-state index >= 15 is 0 Å². The first-order chi connectivity index (χ1) is 4.52. The molecule has 0 spiro atoms. The zero-order valence-electron chi connectivity index (χ0n) is 5.26. The summed E-state index contributed by atoms with van der Waals surface area (Å²) in [7, 11) is -4.40. The van der Waals surface area contributed by atoms with Crippen molar-refractivity contribution in [2.24, 2.45) is 0 Å². The summed E-state index contributed by atoms with van der Waals surface area (Å²) in [5, 5.41) is 0. The van der Waals surface area contributed by atoms with Gasteiger partial charge in [0.05, 0.1) is 0 Å². The fourth-order valence-electron chi connectivity index (χ4n) is 0.313. The van der Waals surface area contributed by atoms with Crippen LogP contribution in [0.1, 0.15) is 6.92 Å². The van der Waals surface area contributed by atoms with E-state index in [1.54, 1.807) is 0 Å². The van der Waals surface area contributed by atoms with Crippen molar-refractivity contribution in [3.8, 4) is 0 Å². The molecule has 0 aromatic rings. The Morgan fingerprint density at radius 3 is 2.10 bits per heavy atom. The molecule has 0 bridgehead atoms. The maximum absolute atomic E-state index is 10.2. The zero-order valence-corrected chi connectivity index (χ0v) is 6.08. The number of hydrogen-bond donors (Lipinski definition) is 1. The van der Waals surface area contributed by atoms with E-state index in [0.717, 1.165) is 6.20 Å². The molecular weight excluding hydrogens is 158 g/mol. The Morgan fingerprint density at radius 1 is 1.50 bits per heavy atom. The van der Waals surface area contributed by atoms with Crippen LogP contribution in [0.2, 0.25) is 0 Å². The molecule has 0 atom stereocenters. The number of hydrogen-bond acceptors (Lipinski definition) is 3. The fourth-order valence-corrected chi connectivity index (χ4v) is 0.698. The van der Waals surface area contributed by atoms with Gasteiger partial charge >= 0.3 is 10.3 Å². The van der Waals surface area contributed by atoms with Gasteiger partial charge < -0.3 is 0 Å². The molecule has 0 rings (SSSR count). The Kier molecular flexibility index (Phi) is 3.04. The highest BCUT2D eigenvalue weighted by atomic mass is 32.2. The average Bonchev–Trinajstić information content (AvgIpc) is 1.80. The first kappa shape index (κ1) is 9.12. The number of rotatable bonds is 3. The number of nitrogens with zero attached hydrogens (tertiary/aromatic N) is 1. The Hall–Kier alpha value is -0.880. The average molecular weight is 165 g/mol. The first-order valence-corrected chi connectivity index (χ1v) is 3.76. The van der Waals surface area contributed by atoms with E-state index in [1.807, 2.05) is 0 Å². The van der Waals surface area contributed by atoms with Crippen molar-refractivity contribution in [2.75, 3.05) is 0 Å². The molecule has 0 aromatic heterocycles. The van der Waals surface area contributed by atoms with Crippen LogP contribution in [0.25, 0.3) is 0 Å². The Bertz CT molecular complexity index is 230. The fraction of sp³-hybridized carbons (Fsp3) is 0.250. The number of carbonyl (C=O) groups is 1. The van der Waals surface area contributed by atoms with E-state index in [-0.39, 0.29) is 10.7 Å². The molecule has 6 heteroatoms. The van der Waals surface area contributed by atoms with Crippen LogP contribution in [0.15, 0.2) is 12.3 Å². The number of amides is 1. The van der Waals surface area contributed by atoms with E-state index in [4.69, 9.17) is 4.55 Å². The van der Waals surface area contributed by atoms with Gasteiger partial charge in [0.2, 0.25) is 6.41 Å². The summed E-state index contributed by atoms with van der Waals surface area (Å²) in [5.74, 6) is 0. The third-order valence-corrected chi connectivity index (χ3v) is 1.41. The third-order valence-electron chi connectivity index (χ3n) is 0.666. The van der Waals surface area contributed by atoms with Crippen molar-refractivity contribution in [1.29, 1.82) is 0 Å². The maximum atomic E-state index is 10.2. The minimum Gasteiger partial charge on any atom is -0.277 e. The monoisotopic (exact) mass is 165 g/mol. The van der Waals surface area contributed by atoms with E-state index < -0.39 is 10.3 Å². The molecule has 10 heavy (non-hydrogen) atoms. The second-order valence-electron chi connectivity index (χ2n) is 1.40. The molecule has 0 aromatic carbocycles. The smallest absolute Gasteiger partial charge is 0.277 e. The van der Waals surface area contributed by atoms with Gasteiger partial charge in [0.1, 0.15) is 0 Å². The third kappa shape index (κ3) is 2.60. The molecule has 0 unspecified atom stereocenters. The molecule has 0 aliphatic heterocycles. The Morgan fingerprint density at radius 2 is 2.00 bits per heavy atom. The van der Waals surface area contributed by atoms with Crippen molar-refractivity contribution in [3.63, 3.8) is 0 Å². The second kappa shape index (κ2) is 3.33. The van der Waals surface area contributed by atoms with Crippen molar-refractivity contribution < 1.29 is 17.8 Å². The van der Waals surface area contributed by atoms with Crippen LogP contribution in [0.4, 0.5) is 0 Å². The summed E-state index contributed by atoms with van der Waals surface area (Å²) >= 11 is 0. The summed E-state index contributed by atoms with van der Waals surface area (Å²) in [6.07, 6.45) is 2.24. The molecule has 0 heterocycles. The van der Waals surface area contributed by atoms with Crippen molar-refractivity contribution in [2.45, 2.75) is 6.92 Å². The number of allylic oxidation sites excluding steroid dienone is 1. The minimum atomic E-state index is -4.40. The molecule has 0 aliphatic carbocycles. The predicted octanol–water partition coefficient (Wildman–Crippen LogP) is -0.219. The summed E-state index contributed by atoms with van der Waals surface area (Å²) in [6.45, 7) is 1.52. The van der Waals surface area contributed by atoms with Crippen LogP contribution in [-0.4, -0.2) is 23.7 Å². The predicted molar refractivity (Wildman–Crippen MR) is 34.3 cm³/mol. The lowest BCUT2D eigenvalue weighted by molar-refractivity contribution is -0.112. The normalized spacial score (nSPS) is 11.8. The summed E-state index contributed by atoms with van der Waals surface area (Å²) in [6, 6.07) is 0. The SMILES string of the molecule is CC=CN(C=O)S(=O)(=O)O. The van der Waals surface area contributed by atoms with Crippen molar-refractivity contribution in [3.05, 3.63) is 12.3 Å². The van der Waals surface area contributed by atoms with Gasteiger partial charge in [-0.15, -0.1) is 0 Å². The van der Waals surface area contributed by atoms with Gasteiger partial charge in [0, 0.05) is 6.20 Å². The Labute approximate surface area is 58.8 Å². The zero-order chi connectivity index (χ0) is 8.20. The molecule has 0 saturated carbocycles. The van der Waals surface area contributed by atoms with Crippen molar-refractivity contribution in [1.82, 2.24) is 4.31 Å². The topological polar surface area (TPSA) is 74.7 Å². The molecule has 0 radical (unpaired) electrons. The van der Waals surface area contributed by atoms with E-state index in [0.29, 0.717) is 0 Å². The highest BCUT2D eigenvalue weighted by molar-refractivity contribution is 7.84. The van der Waals surface area contributed by atoms with Crippen LogP contribution in [0.3, 0.4) is 0 Å². The van der Waals surface area contributed by atoms with E-state index in [1.165, 1.54) is 13.0 Å². The second-order valence-corrected chi connectivity index (χ2v) is 2.71. The maximum Gasteiger partial charge on any atom is 0.365 e. The summed E-state index contributed by atoms with van der Waals surface area (Å²) in [5.41, 5.74) is 0. The molecule has 5 nitrogen and oxygen atoms in total. The van der Waals surface area contributed by atoms with Crippen molar-refractivity contribution >= 4 is 16.7 Å². The van der Waals surface area contributed by atoms with Crippen LogP contribution in [0.5, 0.6) is 0 Å². The molecule has 0 saturated heterocycles. The standard InChI is InChI=1S/C4H7NO4S/c1-2-3-5(4-6)10(7,8)9/h2-4H,1H3,(H,7,8,9). The van der Waals surface area contributed by atoms with Crippen LogP contribution >= 0.6 is 0 Å². The molecule has 1 amide bonds. The van der Waals surface area contributed by atoms with Gasteiger partial charge in [-0.3, -0.25) is 9.35 Å². The van der Waals surface area contributed by atoms with Gasteiger partial charge in [-0.05, 0) is 6.92 Å². The van der Waals surface area contributed by atoms with Gasteiger partial charge in [-0.1, -0.05) is 6.08 Å². The Balaban J connectivity index is 4.54. The van der Waals surface area contributed by atoms with Gasteiger partial charge in [-0.25, -0.2) is 0 Å². The molecule has 0 fully saturated rings. The van der Waals surface area contributed by atoms with Gasteiger partial charge in [0.15, 0.2) is 0 Å².